The summed E-state index contributed by atoms with van der Waals surface area (Å²) in [7, 11) is 0. The third kappa shape index (κ3) is 6.55. The van der Waals surface area contributed by atoms with Crippen LogP contribution in [-0.4, -0.2) is 27.7 Å². The van der Waals surface area contributed by atoms with Crippen molar-refractivity contribution in [2.75, 3.05) is 6.61 Å². The molecule has 0 radical (unpaired) electrons. The van der Waals surface area contributed by atoms with Crippen LogP contribution in [0.5, 0.6) is 17.2 Å². The van der Waals surface area contributed by atoms with Crippen LogP contribution in [-0.2, 0) is 17.6 Å². The molecule has 7 nitrogen and oxygen atoms in total. The molecule has 33 heavy (non-hydrogen) atoms. The third-order valence-electron chi connectivity index (χ3n) is 5.19. The average Bonchev–Trinajstić information content (AvgIpc) is 3.12. The predicted molar refractivity (Wildman–Crippen MR) is 123 cm³/mol. The number of benzene rings is 1. The van der Waals surface area contributed by atoms with E-state index in [-0.39, 0.29) is 6.42 Å². The molecule has 4 rings (SSSR count). The summed E-state index contributed by atoms with van der Waals surface area (Å²) in [5.74, 6) is 1.61. The maximum absolute atomic E-state index is 11.0. The van der Waals surface area contributed by atoms with Crippen LogP contribution in [0.25, 0.3) is 5.57 Å². The van der Waals surface area contributed by atoms with Gasteiger partial charge in [-0.2, -0.15) is 0 Å². The largest absolute Gasteiger partial charge is 0.493 e. The lowest BCUT2D eigenvalue weighted by molar-refractivity contribution is -0.136. The van der Waals surface area contributed by atoms with Crippen LogP contribution in [0.15, 0.2) is 71.6 Å². The van der Waals surface area contributed by atoms with Gasteiger partial charge in [0.15, 0.2) is 0 Å². The Morgan fingerprint density at radius 3 is 2.82 bits per heavy atom. The van der Waals surface area contributed by atoms with Gasteiger partial charge in [-0.25, -0.2) is 4.98 Å². The van der Waals surface area contributed by atoms with Gasteiger partial charge in [0, 0.05) is 36.9 Å². The molecule has 1 aliphatic carbocycles. The van der Waals surface area contributed by atoms with Crippen molar-refractivity contribution in [3.8, 4) is 17.2 Å². The monoisotopic (exact) mass is 446 g/mol. The molecule has 0 fully saturated rings. The summed E-state index contributed by atoms with van der Waals surface area (Å²) in [6.07, 6.45) is 15.5. The topological polar surface area (TPSA) is 94.7 Å². The molecule has 2 aromatic heterocycles. The van der Waals surface area contributed by atoms with Crippen molar-refractivity contribution in [1.82, 2.24) is 9.97 Å². The number of carboxylic acid groups (broad SMARTS) is 1. The lowest BCUT2D eigenvalue weighted by Crippen LogP contribution is -2.03. The van der Waals surface area contributed by atoms with Crippen LogP contribution in [0.1, 0.15) is 42.8 Å². The number of hydrogen-bond acceptors (Lipinski definition) is 6. The van der Waals surface area contributed by atoms with E-state index in [4.69, 9.17) is 19.0 Å². The van der Waals surface area contributed by atoms with Gasteiger partial charge in [0.2, 0.25) is 5.89 Å². The van der Waals surface area contributed by atoms with Crippen molar-refractivity contribution in [3.63, 3.8) is 0 Å². The van der Waals surface area contributed by atoms with E-state index in [9.17, 15) is 4.79 Å². The van der Waals surface area contributed by atoms with Crippen LogP contribution in [0.4, 0.5) is 0 Å². The molecule has 0 aliphatic heterocycles. The summed E-state index contributed by atoms with van der Waals surface area (Å²) in [5, 5.41) is 9.04. The molecule has 2 heterocycles. The van der Waals surface area contributed by atoms with Gasteiger partial charge in [0.05, 0.1) is 12.3 Å². The van der Waals surface area contributed by atoms with Gasteiger partial charge in [0.1, 0.15) is 23.5 Å². The minimum Gasteiger partial charge on any atom is -0.493 e. The van der Waals surface area contributed by atoms with E-state index in [0.717, 1.165) is 36.1 Å². The molecule has 0 saturated heterocycles. The summed E-state index contributed by atoms with van der Waals surface area (Å²) in [4.78, 5) is 19.6. The predicted octanol–water partition coefficient (Wildman–Crippen LogP) is 5.62. The van der Waals surface area contributed by atoms with E-state index in [2.05, 4.69) is 28.2 Å². The zero-order valence-corrected chi connectivity index (χ0v) is 18.3. The second-order valence-corrected chi connectivity index (χ2v) is 7.68. The fraction of sp³-hybridized carbons (Fsp3) is 0.269. The van der Waals surface area contributed by atoms with Crippen molar-refractivity contribution in [2.45, 2.75) is 38.5 Å². The van der Waals surface area contributed by atoms with Gasteiger partial charge < -0.3 is 19.0 Å². The van der Waals surface area contributed by atoms with Crippen molar-refractivity contribution in [3.05, 3.63) is 84.4 Å². The summed E-state index contributed by atoms with van der Waals surface area (Å²) < 4.78 is 17.6. The van der Waals surface area contributed by atoms with Gasteiger partial charge in [0.25, 0.3) is 0 Å². The number of ether oxygens (including phenoxy) is 2. The second kappa shape index (κ2) is 11.1. The van der Waals surface area contributed by atoms with Crippen molar-refractivity contribution in [2.24, 2.45) is 0 Å². The van der Waals surface area contributed by atoms with Crippen molar-refractivity contribution in [1.29, 1.82) is 0 Å². The quantitative estimate of drug-likeness (QED) is 0.432. The lowest BCUT2D eigenvalue weighted by atomic mass is 10.1. The standard InChI is InChI=1S/C26H26N2O5/c29-25(30)10-8-19-7-9-23(17-24(19)33-22-11-14-27-15-12-22)31-16-13-21-18-32-26(28-21)20-5-3-1-2-4-6-20/h3,5-7,9,11-12,14-15,17-18H,1-2,4,8,10,13,16H2,(H,29,30). The molecule has 0 atom stereocenters. The normalized spacial score (nSPS) is 13.3. The Morgan fingerprint density at radius 2 is 1.97 bits per heavy atom. The summed E-state index contributed by atoms with van der Waals surface area (Å²) >= 11 is 0. The average molecular weight is 447 g/mol. The van der Waals surface area contributed by atoms with Crippen LogP contribution >= 0.6 is 0 Å². The summed E-state index contributed by atoms with van der Waals surface area (Å²) in [6, 6.07) is 8.94. The molecule has 7 heteroatoms. The first-order chi connectivity index (χ1) is 16.2. The highest BCUT2D eigenvalue weighted by molar-refractivity contribution is 5.69. The first kappa shape index (κ1) is 22.3. The van der Waals surface area contributed by atoms with E-state index in [1.807, 2.05) is 12.1 Å². The highest BCUT2D eigenvalue weighted by atomic mass is 16.5. The number of aromatic nitrogens is 2. The number of oxazole rings is 1. The van der Waals surface area contributed by atoms with Gasteiger partial charge >= 0.3 is 5.97 Å². The molecule has 0 unspecified atom stereocenters. The molecule has 170 valence electrons. The highest BCUT2D eigenvalue weighted by Crippen LogP contribution is 2.30. The number of carboxylic acids is 1. The first-order valence-corrected chi connectivity index (χ1v) is 11.0. The number of aliphatic carboxylic acids is 1. The third-order valence-corrected chi connectivity index (χ3v) is 5.19. The van der Waals surface area contributed by atoms with Gasteiger partial charge in [-0.1, -0.05) is 24.3 Å². The van der Waals surface area contributed by atoms with Gasteiger partial charge in [-0.15, -0.1) is 0 Å². The zero-order chi connectivity index (χ0) is 22.9. The number of hydrogen-bond donors (Lipinski definition) is 1. The van der Waals surface area contributed by atoms with Crippen LogP contribution in [0.2, 0.25) is 0 Å². The van der Waals surface area contributed by atoms with Gasteiger partial charge in [-0.3, -0.25) is 9.78 Å². The minimum atomic E-state index is -0.854. The van der Waals surface area contributed by atoms with E-state index in [1.54, 1.807) is 36.9 Å². The van der Waals surface area contributed by atoms with Gasteiger partial charge in [-0.05, 0) is 49.4 Å². The first-order valence-electron chi connectivity index (χ1n) is 11.0. The number of rotatable bonds is 10. The van der Waals surface area contributed by atoms with Crippen LogP contribution in [0, 0.1) is 0 Å². The molecular formula is C26H26N2O5. The molecule has 1 N–H and O–H groups in total. The maximum atomic E-state index is 11.0. The Hall–Kier alpha value is -3.87. The van der Waals surface area contributed by atoms with E-state index in [1.165, 1.54) is 0 Å². The number of pyridine rings is 1. The molecule has 1 aromatic carbocycles. The number of aryl methyl sites for hydroxylation is 1. The van der Waals surface area contributed by atoms with Crippen molar-refractivity contribution < 1.29 is 23.8 Å². The lowest BCUT2D eigenvalue weighted by Gasteiger charge is -2.13. The molecule has 0 amide bonds. The smallest absolute Gasteiger partial charge is 0.303 e. The SMILES string of the molecule is O=C(O)CCc1ccc(OCCc2coc(C3=CCCCC=C3)n2)cc1Oc1ccncc1. The molecule has 3 aromatic rings. The number of allylic oxidation sites excluding steroid dienone is 4. The van der Waals surface area contributed by atoms with E-state index >= 15 is 0 Å². The summed E-state index contributed by atoms with van der Waals surface area (Å²) in [6.45, 7) is 0.421. The fourth-order valence-electron chi connectivity index (χ4n) is 3.46. The van der Waals surface area contributed by atoms with E-state index in [0.29, 0.717) is 42.6 Å². The van der Waals surface area contributed by atoms with Crippen molar-refractivity contribution >= 4 is 11.5 Å². The zero-order valence-electron chi connectivity index (χ0n) is 18.3. The molecule has 0 spiro atoms. The Morgan fingerprint density at radius 1 is 1.09 bits per heavy atom. The number of carbonyl (C=O) groups is 1. The molecule has 1 aliphatic rings. The van der Waals surface area contributed by atoms with Crippen LogP contribution in [0.3, 0.4) is 0 Å². The maximum Gasteiger partial charge on any atom is 0.303 e. The Bertz CT molecular complexity index is 1130. The fourth-order valence-corrected chi connectivity index (χ4v) is 3.46. The van der Waals surface area contributed by atoms with Crippen LogP contribution < -0.4 is 9.47 Å². The highest BCUT2D eigenvalue weighted by Gasteiger charge is 2.11. The summed E-state index contributed by atoms with van der Waals surface area (Å²) in [5.41, 5.74) is 2.65. The Labute approximate surface area is 192 Å². The second-order valence-electron chi connectivity index (χ2n) is 7.68. The van der Waals surface area contributed by atoms with E-state index < -0.39 is 5.97 Å². The molecular weight excluding hydrogens is 420 g/mol. The molecule has 0 bridgehead atoms. The molecule has 0 saturated carbocycles. The Balaban J connectivity index is 1.40. The Kier molecular flexibility index (Phi) is 7.53. The number of nitrogens with zero attached hydrogens (tertiary/aromatic N) is 2. The minimum absolute atomic E-state index is 0.0209.